The zero-order valence-electron chi connectivity index (χ0n) is 19.0. The molecule has 1 aromatic carbocycles. The molecule has 1 fully saturated rings. The molecule has 1 atom stereocenters. The van der Waals surface area contributed by atoms with E-state index in [0.717, 1.165) is 30.4 Å². The predicted molar refractivity (Wildman–Crippen MR) is 118 cm³/mol. The van der Waals surface area contributed by atoms with Gasteiger partial charge in [-0.3, -0.25) is 24.5 Å². The number of unbranched alkanes of at least 4 members (excludes halogenated alkanes) is 3. The van der Waals surface area contributed by atoms with E-state index < -0.39 is 17.6 Å². The Morgan fingerprint density at radius 1 is 1.19 bits per heavy atom. The molecule has 0 saturated carbocycles. The van der Waals surface area contributed by atoms with Crippen LogP contribution in [0.1, 0.15) is 87.2 Å². The van der Waals surface area contributed by atoms with Crippen LogP contribution in [0.25, 0.3) is 0 Å². The normalized spacial score (nSPS) is 18.0. The summed E-state index contributed by atoms with van der Waals surface area (Å²) in [4.78, 5) is 49.7. The maximum Gasteiger partial charge on any atom is 0.306 e. The summed E-state index contributed by atoms with van der Waals surface area (Å²) >= 11 is 0. The van der Waals surface area contributed by atoms with Crippen molar-refractivity contribution >= 4 is 23.7 Å². The van der Waals surface area contributed by atoms with Crippen LogP contribution in [0.2, 0.25) is 0 Å². The van der Waals surface area contributed by atoms with Crippen molar-refractivity contribution in [3.05, 3.63) is 34.9 Å². The Hall–Kier alpha value is -3.14. The van der Waals surface area contributed by atoms with Crippen molar-refractivity contribution in [2.45, 2.75) is 83.9 Å². The van der Waals surface area contributed by atoms with E-state index in [1.807, 2.05) is 26.8 Å². The number of carbonyl (C=O) groups excluding carboxylic acids is 4. The molecule has 32 heavy (non-hydrogen) atoms. The van der Waals surface area contributed by atoms with Gasteiger partial charge < -0.3 is 9.64 Å². The number of nitrogens with zero attached hydrogens (tertiary/aromatic N) is 1. The van der Waals surface area contributed by atoms with Gasteiger partial charge in [0.2, 0.25) is 11.8 Å². The van der Waals surface area contributed by atoms with Gasteiger partial charge in [0.15, 0.2) is 0 Å². The minimum Gasteiger partial charge on any atom is -0.460 e. The molecule has 2 aliphatic rings. The van der Waals surface area contributed by atoms with Crippen LogP contribution in [-0.4, -0.2) is 40.2 Å². The first kappa shape index (κ1) is 23.5. The summed E-state index contributed by atoms with van der Waals surface area (Å²) in [6.45, 7) is 5.90. The third-order valence-corrected chi connectivity index (χ3v) is 5.41. The molecule has 3 rings (SSSR count). The molecular weight excluding hydrogens is 408 g/mol. The molecule has 170 valence electrons. The van der Waals surface area contributed by atoms with Crippen molar-refractivity contribution in [2.24, 2.45) is 0 Å². The molecule has 0 bridgehead atoms. The average molecular weight is 439 g/mol. The second-order valence-corrected chi connectivity index (χ2v) is 9.18. The van der Waals surface area contributed by atoms with Crippen molar-refractivity contribution < 1.29 is 23.9 Å². The van der Waals surface area contributed by atoms with Crippen molar-refractivity contribution in [1.82, 2.24) is 10.2 Å². The molecule has 1 aromatic rings. The third-order valence-electron chi connectivity index (χ3n) is 5.41. The van der Waals surface area contributed by atoms with E-state index in [9.17, 15) is 19.2 Å². The molecule has 3 amide bonds. The quantitative estimate of drug-likeness (QED) is 0.319. The van der Waals surface area contributed by atoms with E-state index >= 15 is 0 Å². The molecule has 0 aromatic heterocycles. The van der Waals surface area contributed by atoms with Gasteiger partial charge in [0, 0.05) is 36.9 Å². The van der Waals surface area contributed by atoms with Crippen molar-refractivity contribution in [1.29, 1.82) is 0 Å². The number of amides is 3. The molecular formula is C25H30N2O5. The molecule has 7 heteroatoms. The van der Waals surface area contributed by atoms with Crippen LogP contribution >= 0.6 is 0 Å². The lowest BCUT2D eigenvalue weighted by Crippen LogP contribution is -2.52. The van der Waals surface area contributed by atoms with Crippen LogP contribution < -0.4 is 5.32 Å². The highest BCUT2D eigenvalue weighted by Crippen LogP contribution is 2.29. The van der Waals surface area contributed by atoms with Crippen molar-refractivity contribution in [2.75, 3.05) is 0 Å². The largest absolute Gasteiger partial charge is 0.460 e. The summed E-state index contributed by atoms with van der Waals surface area (Å²) in [6, 6.07) is 4.81. The molecule has 0 aliphatic carbocycles. The number of carbonyl (C=O) groups is 4. The summed E-state index contributed by atoms with van der Waals surface area (Å²) in [5.41, 5.74) is 1.74. The number of piperidine rings is 1. The highest BCUT2D eigenvalue weighted by atomic mass is 16.6. The topological polar surface area (TPSA) is 92.8 Å². The predicted octanol–water partition coefficient (Wildman–Crippen LogP) is 3.09. The van der Waals surface area contributed by atoms with Crippen LogP contribution in [0.3, 0.4) is 0 Å². The zero-order valence-corrected chi connectivity index (χ0v) is 19.0. The van der Waals surface area contributed by atoms with Gasteiger partial charge >= 0.3 is 5.97 Å². The Bertz CT molecular complexity index is 980. The Balaban J connectivity index is 1.52. The van der Waals surface area contributed by atoms with Gasteiger partial charge in [0.1, 0.15) is 11.6 Å². The van der Waals surface area contributed by atoms with Crippen molar-refractivity contribution in [3.63, 3.8) is 0 Å². The van der Waals surface area contributed by atoms with Gasteiger partial charge in [-0.25, -0.2) is 0 Å². The smallest absolute Gasteiger partial charge is 0.306 e. The number of imide groups is 1. The van der Waals surface area contributed by atoms with Gasteiger partial charge in [-0.05, 0) is 57.7 Å². The van der Waals surface area contributed by atoms with Crippen LogP contribution in [0, 0.1) is 11.8 Å². The average Bonchev–Trinajstić information content (AvgIpc) is 3.03. The fourth-order valence-corrected chi connectivity index (χ4v) is 3.91. The SMILES string of the molecule is CC(C)(C)OC(=O)CCCCCC#Cc1cccc2c1CN(C1CCC(=O)NC1=O)C2=O. The van der Waals surface area contributed by atoms with Crippen LogP contribution in [0.5, 0.6) is 0 Å². The standard InChI is InChI=1S/C25H30N2O5/c1-25(2,3)32-22(29)13-8-6-4-5-7-10-17-11-9-12-18-19(17)16-27(24(18)31)20-14-15-21(28)26-23(20)30/h9,11-12,20H,4-6,8,13-16H2,1-3H3,(H,26,28,30). The minimum atomic E-state index is -0.626. The monoisotopic (exact) mass is 438 g/mol. The number of hydrogen-bond acceptors (Lipinski definition) is 5. The van der Waals surface area contributed by atoms with E-state index in [-0.39, 0.29) is 24.2 Å². The lowest BCUT2D eigenvalue weighted by molar-refractivity contribution is -0.155. The Morgan fingerprint density at radius 2 is 1.97 bits per heavy atom. The second kappa shape index (κ2) is 9.99. The maximum absolute atomic E-state index is 12.8. The van der Waals surface area contributed by atoms with E-state index in [0.29, 0.717) is 31.4 Å². The third kappa shape index (κ3) is 5.97. The summed E-state index contributed by atoms with van der Waals surface area (Å²) in [5, 5.41) is 2.32. The Kier molecular flexibility index (Phi) is 7.34. The highest BCUT2D eigenvalue weighted by Gasteiger charge is 2.39. The first-order valence-electron chi connectivity index (χ1n) is 11.1. The maximum atomic E-state index is 12.8. The second-order valence-electron chi connectivity index (χ2n) is 9.18. The Labute approximate surface area is 188 Å². The first-order chi connectivity index (χ1) is 15.2. The number of benzene rings is 1. The summed E-state index contributed by atoms with van der Waals surface area (Å²) in [6.07, 6.45) is 4.23. The lowest BCUT2D eigenvalue weighted by Gasteiger charge is -2.29. The summed E-state index contributed by atoms with van der Waals surface area (Å²) < 4.78 is 5.30. The molecule has 2 heterocycles. The fourth-order valence-electron chi connectivity index (χ4n) is 3.91. The lowest BCUT2D eigenvalue weighted by atomic mass is 10.0. The van der Waals surface area contributed by atoms with Gasteiger partial charge in [-0.2, -0.15) is 0 Å². The number of esters is 1. The summed E-state index contributed by atoms with van der Waals surface area (Å²) in [5.74, 6) is 5.24. The zero-order chi connectivity index (χ0) is 23.3. The van der Waals surface area contributed by atoms with Gasteiger partial charge in [0.25, 0.3) is 5.91 Å². The van der Waals surface area contributed by atoms with Crippen LogP contribution in [-0.2, 0) is 25.7 Å². The Morgan fingerprint density at radius 3 is 2.69 bits per heavy atom. The van der Waals surface area contributed by atoms with E-state index in [2.05, 4.69) is 17.2 Å². The number of fused-ring (bicyclic) bond motifs is 1. The van der Waals surface area contributed by atoms with Crippen molar-refractivity contribution in [3.8, 4) is 11.8 Å². The fraction of sp³-hybridized carbons (Fsp3) is 0.520. The molecule has 2 aliphatic heterocycles. The van der Waals surface area contributed by atoms with E-state index in [1.165, 1.54) is 4.90 Å². The molecule has 1 saturated heterocycles. The van der Waals surface area contributed by atoms with E-state index in [1.54, 1.807) is 12.1 Å². The number of rotatable bonds is 6. The molecule has 1 N–H and O–H groups in total. The van der Waals surface area contributed by atoms with Crippen LogP contribution in [0.15, 0.2) is 18.2 Å². The first-order valence-corrected chi connectivity index (χ1v) is 11.1. The molecule has 7 nitrogen and oxygen atoms in total. The highest BCUT2D eigenvalue weighted by molar-refractivity contribution is 6.05. The van der Waals surface area contributed by atoms with E-state index in [4.69, 9.17) is 4.74 Å². The number of nitrogens with one attached hydrogen (secondary N) is 1. The molecule has 0 radical (unpaired) electrons. The molecule has 1 unspecified atom stereocenters. The minimum absolute atomic E-state index is 0.173. The number of hydrogen-bond donors (Lipinski definition) is 1. The molecule has 0 spiro atoms. The van der Waals surface area contributed by atoms with Gasteiger partial charge in [-0.15, -0.1) is 0 Å². The summed E-state index contributed by atoms with van der Waals surface area (Å²) in [7, 11) is 0. The number of ether oxygens (including phenoxy) is 1. The van der Waals surface area contributed by atoms with Gasteiger partial charge in [0.05, 0.1) is 0 Å². The van der Waals surface area contributed by atoms with Crippen LogP contribution in [0.4, 0.5) is 0 Å². The van der Waals surface area contributed by atoms with Gasteiger partial charge in [-0.1, -0.05) is 24.3 Å².